The second-order valence-corrected chi connectivity index (χ2v) is 20.6. The average Bonchev–Trinajstić information content (AvgIpc) is 3.09. The zero-order chi connectivity index (χ0) is 41.8. The van der Waals surface area contributed by atoms with Gasteiger partial charge in [0.25, 0.3) is 0 Å². The molecular formula is C38H62N8O7S2. The molecule has 2 saturated heterocycles. The predicted molar refractivity (Wildman–Crippen MR) is 221 cm³/mol. The summed E-state index contributed by atoms with van der Waals surface area (Å²) < 4.78 is 36.9. The minimum Gasteiger partial charge on any atom is -0.444 e. The molecule has 0 aromatic carbocycles. The summed E-state index contributed by atoms with van der Waals surface area (Å²) in [5, 5.41) is 5.04. The van der Waals surface area contributed by atoms with Crippen molar-refractivity contribution in [1.82, 2.24) is 19.8 Å². The Bertz CT molecular complexity index is 1650. The molecule has 2 fully saturated rings. The van der Waals surface area contributed by atoms with Gasteiger partial charge in [0.15, 0.2) is 6.29 Å². The highest BCUT2D eigenvalue weighted by atomic mass is 32.2. The maximum absolute atomic E-state index is 12.2. The third-order valence-electron chi connectivity index (χ3n) is 7.64. The molecule has 2 amide bonds. The topological polar surface area (TPSA) is 181 Å². The second-order valence-electron chi connectivity index (χ2n) is 16.9. The number of anilines is 2. The van der Waals surface area contributed by atoms with Gasteiger partial charge in [-0.15, -0.1) is 0 Å². The lowest BCUT2D eigenvalue weighted by Gasteiger charge is -2.36. The largest absolute Gasteiger partial charge is 0.444 e. The Hall–Kier alpha value is -3.96. The van der Waals surface area contributed by atoms with Crippen LogP contribution in [0.2, 0.25) is 0 Å². The number of carbonyl (C=O) groups is 3. The molecule has 0 radical (unpaired) electrons. The molecule has 308 valence electrons. The molecular weight excluding hydrogens is 745 g/mol. The van der Waals surface area contributed by atoms with Gasteiger partial charge in [-0.3, -0.25) is 9.93 Å². The second kappa shape index (κ2) is 20.3. The molecule has 17 heteroatoms. The van der Waals surface area contributed by atoms with Gasteiger partial charge in [0.1, 0.15) is 33.8 Å². The molecule has 0 saturated carbocycles. The lowest BCUT2D eigenvalue weighted by molar-refractivity contribution is 0.0230. The Morgan fingerprint density at radius 3 is 1.36 bits per heavy atom. The SMILES string of the molecule is CC(C)(C)OC(=O)N1CCN(c2ncccc2C=NS(=O)C(C)(C)C)CC1.CC(C)(C)OC(=O)N1CCN(c2ncccc2C=O)CC1.CC(C)(C)S(N)=O. The van der Waals surface area contributed by atoms with Crippen molar-refractivity contribution >= 4 is 58.3 Å². The molecule has 2 aliphatic rings. The number of amides is 2. The summed E-state index contributed by atoms with van der Waals surface area (Å²) in [5.41, 5.74) is 0.408. The molecule has 2 N–H and O–H groups in total. The minimum absolute atomic E-state index is 0.250. The van der Waals surface area contributed by atoms with E-state index in [0.29, 0.717) is 63.7 Å². The Morgan fingerprint density at radius 2 is 1.04 bits per heavy atom. The average molecular weight is 807 g/mol. The van der Waals surface area contributed by atoms with E-state index in [1.807, 2.05) is 100 Å². The third kappa shape index (κ3) is 16.7. The molecule has 0 aliphatic carbocycles. The standard InChI is InChI=1S/C19H30N4O3S.C15H21N3O3.C4H11NOS/c1-18(2,3)26-17(24)23-12-10-22(11-13-23)16-15(8-7-9-20-16)14-21-27(25)19(4,5)6;1-15(2,3)21-14(20)18-9-7-17(8-10-18)13-12(11-19)5-4-6-16-13;1-4(2,3)7(5)6/h7-9,14H,10-13H2,1-6H3;4-6,11H,7-10H2,1-3H3;5H2,1-3H3. The molecule has 0 bridgehead atoms. The van der Waals surface area contributed by atoms with Crippen molar-refractivity contribution in [3.05, 3.63) is 47.8 Å². The zero-order valence-corrected chi connectivity index (χ0v) is 36.3. The Morgan fingerprint density at radius 1 is 0.673 bits per heavy atom. The van der Waals surface area contributed by atoms with Crippen LogP contribution in [0.4, 0.5) is 21.2 Å². The summed E-state index contributed by atoms with van der Waals surface area (Å²) in [6.07, 6.45) is 5.26. The van der Waals surface area contributed by atoms with Gasteiger partial charge in [-0.2, -0.15) is 4.40 Å². The van der Waals surface area contributed by atoms with Gasteiger partial charge >= 0.3 is 12.2 Å². The van der Waals surface area contributed by atoms with Crippen molar-refractivity contribution < 1.29 is 32.3 Å². The monoisotopic (exact) mass is 806 g/mol. The van der Waals surface area contributed by atoms with Crippen LogP contribution in [0.25, 0.3) is 0 Å². The maximum Gasteiger partial charge on any atom is 0.410 e. The Kier molecular flexibility index (Phi) is 17.4. The highest BCUT2D eigenvalue weighted by Crippen LogP contribution is 2.21. The molecule has 4 rings (SSSR count). The van der Waals surface area contributed by atoms with Gasteiger partial charge < -0.3 is 29.1 Å². The van der Waals surface area contributed by atoms with E-state index >= 15 is 0 Å². The highest BCUT2D eigenvalue weighted by Gasteiger charge is 2.28. The normalized spacial score (nSPS) is 16.6. The van der Waals surface area contributed by atoms with Gasteiger partial charge in [0, 0.05) is 76.5 Å². The first-order valence-electron chi connectivity index (χ1n) is 18.3. The van der Waals surface area contributed by atoms with E-state index in [9.17, 15) is 22.8 Å². The van der Waals surface area contributed by atoms with Crippen LogP contribution in [-0.4, -0.2) is 126 Å². The first-order chi connectivity index (χ1) is 25.3. The molecule has 2 aromatic heterocycles. The van der Waals surface area contributed by atoms with Crippen molar-refractivity contribution in [3.63, 3.8) is 0 Å². The minimum atomic E-state index is -1.32. The number of rotatable bonds is 5. The summed E-state index contributed by atoms with van der Waals surface area (Å²) in [4.78, 5) is 51.5. The molecule has 2 atom stereocenters. The van der Waals surface area contributed by atoms with Crippen molar-refractivity contribution in [2.45, 2.75) is 104 Å². The number of hydrogen-bond acceptors (Lipinski definition) is 11. The van der Waals surface area contributed by atoms with E-state index in [-0.39, 0.29) is 16.9 Å². The van der Waals surface area contributed by atoms with Crippen molar-refractivity contribution in [2.24, 2.45) is 9.54 Å². The number of nitrogens with zero attached hydrogens (tertiary/aromatic N) is 7. The number of nitrogens with two attached hydrogens (primary N) is 1. The van der Waals surface area contributed by atoms with Gasteiger partial charge in [0.2, 0.25) is 0 Å². The summed E-state index contributed by atoms with van der Waals surface area (Å²) in [7, 11) is -2.50. The summed E-state index contributed by atoms with van der Waals surface area (Å²) in [5.74, 6) is 1.47. The number of aldehydes is 1. The van der Waals surface area contributed by atoms with Gasteiger partial charge in [-0.05, 0) is 107 Å². The number of ether oxygens (including phenoxy) is 2. The van der Waals surface area contributed by atoms with E-state index in [2.05, 4.69) is 19.3 Å². The number of piperazine rings is 2. The smallest absolute Gasteiger partial charge is 0.410 e. The third-order valence-corrected chi connectivity index (χ3v) is 10.2. The molecule has 4 heterocycles. The number of hydrogen-bond donors (Lipinski definition) is 1. The van der Waals surface area contributed by atoms with Gasteiger partial charge in [-0.25, -0.2) is 28.0 Å². The molecule has 55 heavy (non-hydrogen) atoms. The van der Waals surface area contributed by atoms with Crippen molar-refractivity contribution in [2.75, 3.05) is 62.2 Å². The molecule has 2 aliphatic heterocycles. The lowest BCUT2D eigenvalue weighted by Crippen LogP contribution is -2.50. The van der Waals surface area contributed by atoms with E-state index in [4.69, 9.17) is 14.6 Å². The van der Waals surface area contributed by atoms with E-state index < -0.39 is 37.9 Å². The Labute approximate surface area is 332 Å². The van der Waals surface area contributed by atoms with Crippen LogP contribution in [-0.2, 0) is 31.4 Å². The van der Waals surface area contributed by atoms with Crippen LogP contribution in [0, 0.1) is 0 Å². The van der Waals surface area contributed by atoms with Gasteiger partial charge in [-0.1, -0.05) is 0 Å². The number of pyridine rings is 2. The van der Waals surface area contributed by atoms with Crippen LogP contribution in [0.5, 0.6) is 0 Å². The molecule has 15 nitrogen and oxygen atoms in total. The quantitative estimate of drug-likeness (QED) is 0.303. The van der Waals surface area contributed by atoms with Gasteiger partial charge in [0.05, 0.1) is 26.0 Å². The van der Waals surface area contributed by atoms with E-state index in [0.717, 1.165) is 17.7 Å². The van der Waals surface area contributed by atoms with Crippen molar-refractivity contribution in [3.8, 4) is 0 Å². The molecule has 2 aromatic rings. The van der Waals surface area contributed by atoms with Crippen LogP contribution in [0.15, 0.2) is 41.1 Å². The fraction of sp³-hybridized carbons (Fsp3) is 0.632. The Balaban J connectivity index is 0.000000331. The highest BCUT2D eigenvalue weighted by molar-refractivity contribution is 7.85. The first kappa shape index (κ1) is 47.2. The van der Waals surface area contributed by atoms with Crippen LogP contribution in [0.1, 0.15) is 99.0 Å². The van der Waals surface area contributed by atoms with Crippen LogP contribution < -0.4 is 14.9 Å². The number of aromatic nitrogens is 2. The maximum atomic E-state index is 12.2. The van der Waals surface area contributed by atoms with E-state index in [1.165, 1.54) is 0 Å². The van der Waals surface area contributed by atoms with Crippen molar-refractivity contribution in [1.29, 1.82) is 0 Å². The lowest BCUT2D eigenvalue weighted by atomic mass is 10.2. The summed E-state index contributed by atoms with van der Waals surface area (Å²) in [6, 6.07) is 7.23. The predicted octanol–water partition coefficient (Wildman–Crippen LogP) is 5.38. The molecule has 2 unspecified atom stereocenters. The molecule has 0 spiro atoms. The summed E-state index contributed by atoms with van der Waals surface area (Å²) >= 11 is 0. The van der Waals surface area contributed by atoms with Crippen LogP contribution in [0.3, 0.4) is 0 Å². The van der Waals surface area contributed by atoms with Crippen LogP contribution >= 0.6 is 0 Å². The zero-order valence-electron chi connectivity index (χ0n) is 34.7. The van der Waals surface area contributed by atoms with E-state index in [1.54, 1.807) is 40.5 Å². The first-order valence-corrected chi connectivity index (χ1v) is 20.6. The fourth-order valence-electron chi connectivity index (χ4n) is 4.66. The number of carbonyl (C=O) groups excluding carboxylic acids is 3. The fourth-order valence-corrected chi connectivity index (χ4v) is 5.18. The summed E-state index contributed by atoms with van der Waals surface area (Å²) in [6.45, 7) is 27.2.